The second-order valence-corrected chi connectivity index (χ2v) is 8.34. The minimum absolute atomic E-state index is 0.0334. The Morgan fingerprint density at radius 2 is 1.81 bits per heavy atom. The first kappa shape index (κ1) is 22.8. The van der Waals surface area contributed by atoms with E-state index >= 15 is 0 Å². The summed E-state index contributed by atoms with van der Waals surface area (Å²) in [5.74, 6) is -0.210. The fourth-order valence-electron chi connectivity index (χ4n) is 3.73. The Morgan fingerprint density at radius 3 is 2.48 bits per heavy atom. The molecule has 0 aliphatic carbocycles. The van der Waals surface area contributed by atoms with Crippen LogP contribution in [0.4, 0.5) is 0 Å². The predicted octanol–water partition coefficient (Wildman–Crippen LogP) is 3.25. The van der Waals surface area contributed by atoms with Gasteiger partial charge >= 0.3 is 0 Å². The maximum Gasteiger partial charge on any atom is 0.254 e. The van der Waals surface area contributed by atoms with Crippen molar-refractivity contribution in [3.8, 4) is 0 Å². The van der Waals surface area contributed by atoms with Crippen molar-refractivity contribution in [3.63, 3.8) is 0 Å². The van der Waals surface area contributed by atoms with Crippen LogP contribution in [0.15, 0.2) is 47.5 Å². The molecular formula is C24H29ClN4O2. The minimum atomic E-state index is -0.210. The van der Waals surface area contributed by atoms with E-state index in [0.717, 1.165) is 22.4 Å². The highest BCUT2D eigenvalue weighted by molar-refractivity contribution is 6.30. The Labute approximate surface area is 187 Å². The molecule has 0 saturated carbocycles. The number of nitrogens with one attached hydrogen (secondary N) is 1. The molecule has 0 bridgehead atoms. The molecule has 0 saturated heterocycles. The lowest BCUT2D eigenvalue weighted by atomic mass is 10.1. The number of aromatic nitrogens is 2. The van der Waals surface area contributed by atoms with Crippen LogP contribution < -0.4 is 16.6 Å². The van der Waals surface area contributed by atoms with Gasteiger partial charge in [0.25, 0.3) is 5.56 Å². The molecule has 0 spiro atoms. The Morgan fingerprint density at radius 1 is 1.06 bits per heavy atom. The molecule has 0 fully saturated rings. The topological polar surface area (TPSA) is 82.1 Å². The van der Waals surface area contributed by atoms with Crippen LogP contribution in [-0.4, -0.2) is 15.0 Å². The van der Waals surface area contributed by atoms with E-state index < -0.39 is 0 Å². The zero-order valence-electron chi connectivity index (χ0n) is 18.2. The number of nitrogens with two attached hydrogens (primary N) is 1. The van der Waals surface area contributed by atoms with Gasteiger partial charge in [0.1, 0.15) is 0 Å². The summed E-state index contributed by atoms with van der Waals surface area (Å²) >= 11 is 6.06. The smallest absolute Gasteiger partial charge is 0.254 e. The highest BCUT2D eigenvalue weighted by Gasteiger charge is 2.13. The number of carbonyl (C=O) groups is 1. The molecule has 1 aromatic carbocycles. The van der Waals surface area contributed by atoms with Crippen LogP contribution in [0.25, 0.3) is 0 Å². The molecule has 2 aromatic heterocycles. The number of nitrogens with zero attached hydrogens (tertiary/aromatic N) is 2. The molecule has 0 atom stereocenters. The Hall–Kier alpha value is -2.83. The van der Waals surface area contributed by atoms with Crippen LogP contribution in [0.5, 0.6) is 0 Å². The third-order valence-electron chi connectivity index (χ3n) is 5.53. The largest absolute Gasteiger partial charge is 0.352 e. The maximum atomic E-state index is 13.0. The lowest BCUT2D eigenvalue weighted by Gasteiger charge is -2.13. The highest BCUT2D eigenvalue weighted by Crippen LogP contribution is 2.16. The second-order valence-electron chi connectivity index (χ2n) is 7.90. The molecule has 0 aliphatic heterocycles. The molecule has 2 heterocycles. The van der Waals surface area contributed by atoms with E-state index in [-0.39, 0.29) is 17.9 Å². The van der Waals surface area contributed by atoms with Gasteiger partial charge in [-0.1, -0.05) is 17.7 Å². The van der Waals surface area contributed by atoms with Crippen LogP contribution in [-0.2, 0) is 37.4 Å². The molecule has 0 radical (unpaired) electrons. The number of benzene rings is 1. The van der Waals surface area contributed by atoms with E-state index in [1.807, 2.05) is 19.1 Å². The number of carbonyl (C=O) groups excluding carboxylic acids is 1. The van der Waals surface area contributed by atoms with Gasteiger partial charge in [-0.05, 0) is 67.3 Å². The quantitative estimate of drug-likeness (QED) is 0.564. The summed E-state index contributed by atoms with van der Waals surface area (Å²) in [5.41, 5.74) is 11.1. The van der Waals surface area contributed by atoms with Gasteiger partial charge in [-0.25, -0.2) is 0 Å². The van der Waals surface area contributed by atoms with E-state index in [4.69, 9.17) is 17.3 Å². The minimum Gasteiger partial charge on any atom is -0.352 e. The van der Waals surface area contributed by atoms with Gasteiger partial charge in [-0.15, -0.1) is 0 Å². The van der Waals surface area contributed by atoms with Crippen LogP contribution in [0.1, 0.15) is 33.5 Å². The molecule has 31 heavy (non-hydrogen) atoms. The summed E-state index contributed by atoms with van der Waals surface area (Å²) in [4.78, 5) is 25.6. The number of rotatable bonds is 8. The lowest BCUT2D eigenvalue weighted by molar-refractivity contribution is -0.120. The summed E-state index contributed by atoms with van der Waals surface area (Å²) in [5, 5.41) is 3.48. The first-order valence-electron chi connectivity index (χ1n) is 10.3. The summed E-state index contributed by atoms with van der Waals surface area (Å²) in [6.45, 7) is 7.89. The van der Waals surface area contributed by atoms with Crippen molar-refractivity contribution in [2.75, 3.05) is 0 Å². The fourth-order valence-corrected chi connectivity index (χ4v) is 3.93. The molecule has 3 aromatic rings. The van der Waals surface area contributed by atoms with Gasteiger partial charge in [-0.3, -0.25) is 9.59 Å². The second kappa shape index (κ2) is 9.98. The lowest BCUT2D eigenvalue weighted by Crippen LogP contribution is -2.31. The first-order chi connectivity index (χ1) is 14.8. The average Bonchev–Trinajstić information content (AvgIpc) is 3.06. The highest BCUT2D eigenvalue weighted by atomic mass is 35.5. The normalized spacial score (nSPS) is 11.0. The molecule has 3 N–H and O–H groups in total. The SMILES string of the molecule is Cc1cc(C)n(CCn2ccc(C)c(CC(=O)NCc3cc(Cl)ccc3CN)c2=O)c1. The zero-order valence-corrected chi connectivity index (χ0v) is 19.0. The number of hydrogen-bond donors (Lipinski definition) is 2. The summed E-state index contributed by atoms with van der Waals surface area (Å²) in [7, 11) is 0. The van der Waals surface area contributed by atoms with Crippen molar-refractivity contribution in [2.24, 2.45) is 5.73 Å². The Balaban J connectivity index is 1.69. The van der Waals surface area contributed by atoms with Crippen molar-refractivity contribution in [2.45, 2.75) is 53.4 Å². The standard InChI is InChI=1S/C24H29ClN4O2/c1-16-10-18(3)29(15-16)9-8-28-7-6-17(2)22(24(28)31)12-23(30)27-14-20-11-21(25)5-4-19(20)13-26/h4-7,10-11,15H,8-9,12-14,26H2,1-3H3,(H,27,30). The van der Waals surface area contributed by atoms with E-state index in [1.54, 1.807) is 22.9 Å². The molecule has 3 rings (SSSR count). The summed E-state index contributed by atoms with van der Waals surface area (Å²) in [6.07, 6.45) is 3.91. The number of halogens is 1. The van der Waals surface area contributed by atoms with Crippen LogP contribution in [0, 0.1) is 20.8 Å². The van der Waals surface area contributed by atoms with Crippen LogP contribution in [0.3, 0.4) is 0 Å². The van der Waals surface area contributed by atoms with Crippen molar-refractivity contribution in [1.82, 2.24) is 14.5 Å². The predicted molar refractivity (Wildman–Crippen MR) is 124 cm³/mol. The average molecular weight is 441 g/mol. The van der Waals surface area contributed by atoms with E-state index in [9.17, 15) is 9.59 Å². The molecule has 164 valence electrons. The summed E-state index contributed by atoms with van der Waals surface area (Å²) < 4.78 is 3.81. The molecule has 0 aliphatic rings. The molecule has 1 amide bonds. The van der Waals surface area contributed by atoms with Gasteiger partial charge in [0.2, 0.25) is 5.91 Å². The summed E-state index contributed by atoms with van der Waals surface area (Å²) in [6, 6.07) is 9.44. The van der Waals surface area contributed by atoms with E-state index in [1.165, 1.54) is 5.56 Å². The Bertz CT molecular complexity index is 1150. The van der Waals surface area contributed by atoms with Gasteiger partial charge < -0.3 is 20.2 Å². The van der Waals surface area contributed by atoms with Gasteiger partial charge in [0.15, 0.2) is 0 Å². The third kappa shape index (κ3) is 5.66. The third-order valence-corrected chi connectivity index (χ3v) is 5.77. The van der Waals surface area contributed by atoms with E-state index in [0.29, 0.717) is 36.8 Å². The zero-order chi connectivity index (χ0) is 22.5. The van der Waals surface area contributed by atoms with Crippen LogP contribution in [0.2, 0.25) is 5.02 Å². The van der Waals surface area contributed by atoms with Crippen molar-refractivity contribution < 1.29 is 4.79 Å². The Kier molecular flexibility index (Phi) is 7.36. The molecule has 0 unspecified atom stereocenters. The monoisotopic (exact) mass is 440 g/mol. The van der Waals surface area contributed by atoms with Crippen molar-refractivity contribution in [1.29, 1.82) is 0 Å². The molecular weight excluding hydrogens is 412 g/mol. The molecule has 6 nitrogen and oxygen atoms in total. The van der Waals surface area contributed by atoms with Gasteiger partial charge in [0.05, 0.1) is 6.42 Å². The number of pyridine rings is 1. The maximum absolute atomic E-state index is 13.0. The van der Waals surface area contributed by atoms with Gasteiger partial charge in [0, 0.05) is 54.9 Å². The van der Waals surface area contributed by atoms with Crippen molar-refractivity contribution >= 4 is 17.5 Å². The molecule has 7 heteroatoms. The van der Waals surface area contributed by atoms with Crippen molar-refractivity contribution in [3.05, 3.63) is 91.6 Å². The first-order valence-corrected chi connectivity index (χ1v) is 10.7. The van der Waals surface area contributed by atoms with Gasteiger partial charge in [-0.2, -0.15) is 0 Å². The van der Waals surface area contributed by atoms with Crippen LogP contribution >= 0.6 is 11.6 Å². The number of amides is 1. The van der Waals surface area contributed by atoms with E-state index in [2.05, 4.69) is 36.0 Å². The fraction of sp³-hybridized carbons (Fsp3) is 0.333. The number of hydrogen-bond acceptors (Lipinski definition) is 3. The number of aryl methyl sites for hydroxylation is 5.